The molecule has 0 fully saturated rings. The molecule has 0 saturated heterocycles. The van der Waals surface area contributed by atoms with Crippen LogP contribution in [0.25, 0.3) is 0 Å². The van der Waals surface area contributed by atoms with Crippen molar-refractivity contribution in [3.8, 4) is 0 Å². The van der Waals surface area contributed by atoms with E-state index < -0.39 is 17.8 Å². The minimum absolute atomic E-state index is 0.0588. The lowest BCUT2D eigenvalue weighted by atomic mass is 9.96. The smallest absolute Gasteiger partial charge is 0.387 e. The molecule has 1 heterocycles. The van der Waals surface area contributed by atoms with Crippen molar-refractivity contribution in [2.75, 3.05) is 13.1 Å². The second-order valence-corrected chi connectivity index (χ2v) is 9.53. The second-order valence-electron chi connectivity index (χ2n) is 9.53. The molecule has 0 amide bonds. The second kappa shape index (κ2) is 11.9. The first kappa shape index (κ1) is 26.1. The molecule has 36 heavy (non-hydrogen) atoms. The molecular weight excluding hydrogens is 461 g/mol. The van der Waals surface area contributed by atoms with Gasteiger partial charge in [-0.2, -0.15) is 13.2 Å². The fraction of sp³-hybridized carbons (Fsp3) is 0.333. The van der Waals surface area contributed by atoms with Crippen molar-refractivity contribution >= 4 is 0 Å². The zero-order valence-electron chi connectivity index (χ0n) is 20.5. The molecule has 3 aromatic carbocycles. The molecule has 3 nitrogen and oxygen atoms in total. The van der Waals surface area contributed by atoms with E-state index in [1.165, 1.54) is 28.8 Å². The van der Waals surface area contributed by atoms with Crippen LogP contribution in [0.15, 0.2) is 91.0 Å². The number of rotatable bonds is 9. The van der Waals surface area contributed by atoms with Crippen molar-refractivity contribution in [1.29, 1.82) is 0 Å². The highest BCUT2D eigenvalue weighted by molar-refractivity contribution is 5.29. The quantitative estimate of drug-likeness (QED) is 0.335. The third-order valence-corrected chi connectivity index (χ3v) is 6.70. The zero-order chi connectivity index (χ0) is 25.5. The summed E-state index contributed by atoms with van der Waals surface area (Å²) in [5.41, 5.74) is 3.29. The average molecular weight is 495 g/mol. The van der Waals surface area contributed by atoms with E-state index in [1.54, 1.807) is 0 Å². The van der Waals surface area contributed by atoms with Crippen molar-refractivity contribution in [3.63, 3.8) is 0 Å². The number of nitrogens with zero attached hydrogens (tertiary/aromatic N) is 1. The number of hydrogen-bond donors (Lipinski definition) is 2. The third-order valence-electron chi connectivity index (χ3n) is 6.70. The van der Waals surface area contributed by atoms with Crippen LogP contribution in [0.1, 0.15) is 53.3 Å². The van der Waals surface area contributed by atoms with Crippen molar-refractivity contribution in [2.45, 2.75) is 50.7 Å². The summed E-state index contributed by atoms with van der Waals surface area (Å²) in [4.78, 5) is 2.49. The first-order valence-corrected chi connectivity index (χ1v) is 12.4. The van der Waals surface area contributed by atoms with Crippen LogP contribution in [0.3, 0.4) is 0 Å². The van der Waals surface area contributed by atoms with Crippen LogP contribution in [-0.2, 0) is 19.1 Å². The van der Waals surface area contributed by atoms with E-state index in [4.69, 9.17) is 0 Å². The summed E-state index contributed by atoms with van der Waals surface area (Å²) in [6.45, 7) is 4.03. The highest BCUT2D eigenvalue weighted by Crippen LogP contribution is 2.31. The maximum Gasteiger partial charge on any atom is 0.416 e. The fourth-order valence-corrected chi connectivity index (χ4v) is 4.71. The minimum Gasteiger partial charge on any atom is -0.387 e. The molecule has 2 N–H and O–H groups in total. The van der Waals surface area contributed by atoms with Crippen LogP contribution in [0, 0.1) is 0 Å². The Kier molecular flexibility index (Phi) is 8.62. The van der Waals surface area contributed by atoms with Crippen LogP contribution in [0.5, 0.6) is 0 Å². The molecule has 3 atom stereocenters. The average Bonchev–Trinajstić information content (AvgIpc) is 2.88. The number of halogens is 3. The minimum atomic E-state index is -4.42. The van der Waals surface area contributed by atoms with Crippen molar-refractivity contribution in [3.05, 3.63) is 119 Å². The summed E-state index contributed by atoms with van der Waals surface area (Å²) < 4.78 is 38.9. The topological polar surface area (TPSA) is 35.5 Å². The van der Waals surface area contributed by atoms with Gasteiger partial charge in [-0.3, -0.25) is 4.90 Å². The van der Waals surface area contributed by atoms with Crippen LogP contribution < -0.4 is 5.32 Å². The standard InChI is InChI=1S/C30H33F3N2O/c1-22(34-20-29(36)26-10-7-11-27(19-26)30(31,32)33)18-23-13-15-25(16-14-23)28-12-5-6-17-35(28)21-24-8-3-2-4-9-24/h2-11,13-16,19,22,28-29,34,36H,12,17-18,20-21H2,1H3. The molecule has 0 aromatic heterocycles. The van der Waals surface area contributed by atoms with Gasteiger partial charge in [-0.05, 0) is 54.2 Å². The van der Waals surface area contributed by atoms with Crippen molar-refractivity contribution < 1.29 is 18.3 Å². The Bertz CT molecular complexity index is 1130. The normalized spacial score (nSPS) is 18.2. The number of nitrogens with one attached hydrogen (secondary N) is 1. The first-order chi connectivity index (χ1) is 17.3. The molecule has 0 aliphatic carbocycles. The Morgan fingerprint density at radius 3 is 2.42 bits per heavy atom. The van der Waals surface area contributed by atoms with Crippen molar-refractivity contribution in [1.82, 2.24) is 10.2 Å². The van der Waals surface area contributed by atoms with Crippen LogP contribution in [0.4, 0.5) is 13.2 Å². The highest BCUT2D eigenvalue weighted by atomic mass is 19.4. The maximum absolute atomic E-state index is 13.0. The summed E-state index contributed by atoms with van der Waals surface area (Å²) in [5, 5.41) is 13.6. The Balaban J connectivity index is 1.31. The van der Waals surface area contributed by atoms with Crippen molar-refractivity contribution in [2.24, 2.45) is 0 Å². The largest absolute Gasteiger partial charge is 0.416 e. The molecule has 3 unspecified atom stereocenters. The third kappa shape index (κ3) is 7.06. The lowest BCUT2D eigenvalue weighted by molar-refractivity contribution is -0.137. The summed E-state index contributed by atoms with van der Waals surface area (Å²) in [6, 6.07) is 24.5. The van der Waals surface area contributed by atoms with Gasteiger partial charge in [0.2, 0.25) is 0 Å². The first-order valence-electron chi connectivity index (χ1n) is 12.4. The predicted molar refractivity (Wildman–Crippen MR) is 137 cm³/mol. The summed E-state index contributed by atoms with van der Waals surface area (Å²) in [6.07, 6.45) is 0.796. The van der Waals surface area contributed by atoms with E-state index in [1.807, 2.05) is 13.0 Å². The Labute approximate surface area is 211 Å². The van der Waals surface area contributed by atoms with Gasteiger partial charge in [0.25, 0.3) is 0 Å². The van der Waals surface area contributed by atoms with E-state index in [2.05, 4.69) is 70.9 Å². The van der Waals surface area contributed by atoms with Gasteiger partial charge in [0.05, 0.1) is 11.7 Å². The molecule has 0 saturated carbocycles. The molecule has 6 heteroatoms. The van der Waals surface area contributed by atoms with Gasteiger partial charge in [0, 0.05) is 31.7 Å². The van der Waals surface area contributed by atoms with Gasteiger partial charge in [-0.25, -0.2) is 0 Å². The lowest BCUT2D eigenvalue weighted by Crippen LogP contribution is -2.32. The number of benzene rings is 3. The SMILES string of the molecule is CC(Cc1ccc(C2CC=CCN2Cc2ccccc2)cc1)NCC(O)c1cccc(C(F)(F)F)c1. The van der Waals surface area contributed by atoms with E-state index in [-0.39, 0.29) is 18.2 Å². The van der Waals surface area contributed by atoms with Gasteiger partial charge in [0.15, 0.2) is 0 Å². The fourth-order valence-electron chi connectivity index (χ4n) is 4.71. The van der Waals surface area contributed by atoms with Gasteiger partial charge >= 0.3 is 6.18 Å². The summed E-state index contributed by atoms with van der Waals surface area (Å²) >= 11 is 0. The Morgan fingerprint density at radius 1 is 0.944 bits per heavy atom. The van der Waals surface area contributed by atoms with Gasteiger partial charge in [-0.15, -0.1) is 0 Å². The van der Waals surface area contributed by atoms with Crippen LogP contribution >= 0.6 is 0 Å². The van der Waals surface area contributed by atoms with E-state index in [0.29, 0.717) is 6.04 Å². The monoisotopic (exact) mass is 494 g/mol. The van der Waals surface area contributed by atoms with Gasteiger partial charge in [-0.1, -0.05) is 78.9 Å². The van der Waals surface area contributed by atoms with E-state index in [0.717, 1.165) is 38.1 Å². The van der Waals surface area contributed by atoms with Crippen LogP contribution in [0.2, 0.25) is 0 Å². The van der Waals surface area contributed by atoms with Crippen LogP contribution in [-0.4, -0.2) is 29.1 Å². The molecule has 0 spiro atoms. The predicted octanol–water partition coefficient (Wildman–Crippen LogP) is 6.46. The molecule has 1 aliphatic heterocycles. The number of aliphatic hydroxyl groups excluding tert-OH is 1. The molecule has 0 radical (unpaired) electrons. The summed E-state index contributed by atoms with van der Waals surface area (Å²) in [5.74, 6) is 0. The van der Waals surface area contributed by atoms with E-state index >= 15 is 0 Å². The summed E-state index contributed by atoms with van der Waals surface area (Å²) in [7, 11) is 0. The molecule has 0 bridgehead atoms. The molecule has 190 valence electrons. The number of hydrogen-bond acceptors (Lipinski definition) is 3. The molecule has 4 rings (SSSR count). The zero-order valence-corrected chi connectivity index (χ0v) is 20.5. The maximum atomic E-state index is 13.0. The van der Waals surface area contributed by atoms with E-state index in [9.17, 15) is 18.3 Å². The molecule has 1 aliphatic rings. The number of aliphatic hydroxyl groups is 1. The lowest BCUT2D eigenvalue weighted by Gasteiger charge is -2.33. The van der Waals surface area contributed by atoms with Gasteiger partial charge in [0.1, 0.15) is 0 Å². The number of alkyl halides is 3. The Morgan fingerprint density at radius 2 is 1.69 bits per heavy atom. The highest BCUT2D eigenvalue weighted by Gasteiger charge is 2.31. The Hall–Kier alpha value is -2.93. The van der Waals surface area contributed by atoms with Gasteiger partial charge < -0.3 is 10.4 Å². The molecule has 3 aromatic rings. The molecular formula is C30H33F3N2O.